The van der Waals surface area contributed by atoms with Crippen LogP contribution in [0, 0.1) is 0 Å². The van der Waals surface area contributed by atoms with Gasteiger partial charge in [-0.15, -0.1) is 0 Å². The number of benzene rings is 19. The topological polar surface area (TPSA) is 19.7 Å². The van der Waals surface area contributed by atoms with E-state index in [0.717, 1.165) is 89.5 Å². The van der Waals surface area contributed by atoms with Gasteiger partial charge in [-0.05, 0) is 220 Å². The van der Waals surface area contributed by atoms with Crippen molar-refractivity contribution in [1.82, 2.24) is 18.3 Å². The lowest BCUT2D eigenvalue weighted by molar-refractivity contribution is 1.18. The fraction of sp³-hybridized carbons (Fsp3) is 0. The monoisotopic (exact) mass is 1550 g/mol. The minimum absolute atomic E-state index is 1.13. The standard InChI is InChI=1S/C118H78N4/c1-2-22-96-95(21-1)99(75-49-79-41-51-83(52-42-79)85-55-45-81(46-56-85)77-109(87-59-67-91(68-60-87)119-111-33-13-5-25-101(111)102-26-6-14-34-112(102)119)88-61-69-92(70-62-88)120-113-35-15-7-27-103(113)104-28-8-16-36-114(104)120)97-23-3-4-24-98(97)100(96)76-50-80-43-53-84(54-44-80)86-57-47-82(48-58-86)78-110(89-63-71-93(72-64-89)121-115-37-17-9-29-105(115)106-30-10-18-38-116(106)121)90-65-73-94(74-66-90)122-117-39-19-11-31-107(117)108-32-12-20-40-118(108)122/h1-78H/b75-49+,76-50+. The van der Waals surface area contributed by atoms with E-state index >= 15 is 0 Å². The number of rotatable bonds is 16. The van der Waals surface area contributed by atoms with Crippen LogP contribution in [0.25, 0.3) is 201 Å². The Balaban J connectivity index is 0.507. The molecule has 23 rings (SSSR count). The van der Waals surface area contributed by atoms with Crippen LogP contribution in [-0.4, -0.2) is 18.3 Å². The lowest BCUT2D eigenvalue weighted by Crippen LogP contribution is -1.96. The lowest BCUT2D eigenvalue weighted by atomic mass is 9.90. The minimum Gasteiger partial charge on any atom is -0.309 e. The molecule has 0 unspecified atom stereocenters. The summed E-state index contributed by atoms with van der Waals surface area (Å²) in [7, 11) is 0. The first-order valence-corrected chi connectivity index (χ1v) is 42.0. The van der Waals surface area contributed by atoms with Crippen molar-refractivity contribution in [2.24, 2.45) is 0 Å². The van der Waals surface area contributed by atoms with Crippen molar-refractivity contribution in [2.45, 2.75) is 0 Å². The number of hydrogen-bond acceptors (Lipinski definition) is 0. The summed E-state index contributed by atoms with van der Waals surface area (Å²) in [6.45, 7) is 0. The average molecular weight is 1550 g/mol. The molecule has 0 saturated heterocycles. The molecule has 4 heterocycles. The molecule has 4 nitrogen and oxygen atoms in total. The summed E-state index contributed by atoms with van der Waals surface area (Å²) in [4.78, 5) is 0. The third kappa shape index (κ3) is 12.6. The molecule has 0 saturated carbocycles. The van der Waals surface area contributed by atoms with E-state index in [4.69, 9.17) is 0 Å². The molecule has 0 N–H and O–H groups in total. The largest absolute Gasteiger partial charge is 0.309 e. The summed E-state index contributed by atoms with van der Waals surface area (Å²) >= 11 is 0. The summed E-state index contributed by atoms with van der Waals surface area (Å²) < 4.78 is 9.55. The second-order valence-electron chi connectivity index (χ2n) is 31.9. The van der Waals surface area contributed by atoms with Crippen LogP contribution in [0.2, 0.25) is 0 Å². The number of hydrogen-bond donors (Lipinski definition) is 0. The second kappa shape index (κ2) is 30.1. The van der Waals surface area contributed by atoms with E-state index in [-0.39, 0.29) is 0 Å². The second-order valence-corrected chi connectivity index (χ2v) is 31.9. The van der Waals surface area contributed by atoms with Crippen molar-refractivity contribution in [3.8, 4) is 45.0 Å². The maximum Gasteiger partial charge on any atom is 0.0541 e. The van der Waals surface area contributed by atoms with Crippen molar-refractivity contribution in [2.75, 3.05) is 0 Å². The van der Waals surface area contributed by atoms with Crippen LogP contribution < -0.4 is 0 Å². The van der Waals surface area contributed by atoms with Gasteiger partial charge >= 0.3 is 0 Å². The fourth-order valence-electron chi connectivity index (χ4n) is 19.0. The molecule has 19 aromatic carbocycles. The highest BCUT2D eigenvalue weighted by Gasteiger charge is 2.20. The van der Waals surface area contributed by atoms with Crippen molar-refractivity contribution in [3.63, 3.8) is 0 Å². The summed E-state index contributed by atoms with van der Waals surface area (Å²) in [5, 5.41) is 14.9. The molecule has 0 atom stereocenters. The van der Waals surface area contributed by atoms with Gasteiger partial charge in [-0.25, -0.2) is 0 Å². The van der Waals surface area contributed by atoms with E-state index in [2.05, 4.69) is 492 Å². The third-order valence-corrected chi connectivity index (χ3v) is 24.9. The van der Waals surface area contributed by atoms with Gasteiger partial charge in [0.15, 0.2) is 0 Å². The van der Waals surface area contributed by atoms with Gasteiger partial charge in [0.25, 0.3) is 0 Å². The maximum absolute atomic E-state index is 2.39. The zero-order valence-corrected chi connectivity index (χ0v) is 66.8. The molecule has 122 heavy (non-hydrogen) atoms. The first kappa shape index (κ1) is 71.2. The summed E-state index contributed by atoms with van der Waals surface area (Å²) in [6.07, 6.45) is 13.8. The SMILES string of the molecule is C(=C(c1ccc(-n2c3ccccc3c3ccccc32)cc1)c1ccc(-n2c3ccccc3c3ccccc32)cc1)c1ccc(-c2ccc(/C=C/c3c4ccccc4c(/C=C/c4ccc(-c5ccc(C=C(c6ccc(-n7c8ccccc8c8ccccc87)cc6)c6ccc(-n7c8ccccc8c8ccccc87)cc6)cc5)cc4)c4ccccc34)cc2)cc1. The third-order valence-electron chi connectivity index (χ3n) is 24.9. The van der Waals surface area contributed by atoms with Crippen LogP contribution in [-0.2, 0) is 0 Å². The van der Waals surface area contributed by atoms with Crippen LogP contribution in [0.1, 0.15) is 55.6 Å². The molecule has 4 heteroatoms. The summed E-state index contributed by atoms with van der Waals surface area (Å²) in [5.41, 5.74) is 32.5. The first-order chi connectivity index (χ1) is 60.5. The van der Waals surface area contributed by atoms with Crippen molar-refractivity contribution in [1.29, 1.82) is 0 Å². The average Bonchev–Trinajstić information content (AvgIpc) is 1.25. The van der Waals surface area contributed by atoms with Crippen LogP contribution in [0.4, 0.5) is 0 Å². The van der Waals surface area contributed by atoms with E-state index in [0.29, 0.717) is 0 Å². The number of fused-ring (bicyclic) bond motifs is 14. The Morgan fingerprint density at radius 3 is 0.516 bits per heavy atom. The molecule has 4 aromatic heterocycles. The van der Waals surface area contributed by atoms with Crippen molar-refractivity contribution in [3.05, 3.63) is 492 Å². The molecule has 0 bridgehead atoms. The van der Waals surface area contributed by atoms with Crippen LogP contribution in [0.15, 0.2) is 437 Å². The van der Waals surface area contributed by atoms with Gasteiger partial charge in [0.2, 0.25) is 0 Å². The van der Waals surface area contributed by atoms with E-state index in [1.807, 2.05) is 0 Å². The van der Waals surface area contributed by atoms with Crippen molar-refractivity contribution >= 4 is 156 Å². The zero-order valence-electron chi connectivity index (χ0n) is 66.8. The van der Waals surface area contributed by atoms with Crippen LogP contribution in [0.5, 0.6) is 0 Å². The van der Waals surface area contributed by atoms with Crippen LogP contribution >= 0.6 is 0 Å². The maximum atomic E-state index is 2.39. The summed E-state index contributed by atoms with van der Waals surface area (Å²) in [6, 6.07) is 160. The van der Waals surface area contributed by atoms with Gasteiger partial charge in [0.05, 0.1) is 44.1 Å². The van der Waals surface area contributed by atoms with Crippen LogP contribution in [0.3, 0.4) is 0 Å². The molecule has 0 radical (unpaired) electrons. The summed E-state index contributed by atoms with van der Waals surface area (Å²) in [5.74, 6) is 0. The molecule has 0 fully saturated rings. The van der Waals surface area contributed by atoms with Gasteiger partial charge in [-0.1, -0.05) is 364 Å². The Morgan fingerprint density at radius 1 is 0.148 bits per heavy atom. The van der Waals surface area contributed by atoms with Crippen molar-refractivity contribution < 1.29 is 0 Å². The Labute approximate surface area is 707 Å². The van der Waals surface area contributed by atoms with E-state index in [1.54, 1.807) is 0 Å². The molecule has 0 aliphatic rings. The smallest absolute Gasteiger partial charge is 0.0541 e. The Morgan fingerprint density at radius 2 is 0.320 bits per heavy atom. The Hall–Kier alpha value is -16.1. The van der Waals surface area contributed by atoms with Gasteiger partial charge in [0.1, 0.15) is 0 Å². The van der Waals surface area contributed by atoms with E-state index in [1.165, 1.54) is 131 Å². The zero-order chi connectivity index (χ0) is 80.6. The molecule has 570 valence electrons. The van der Waals surface area contributed by atoms with Gasteiger partial charge < -0.3 is 18.3 Å². The Bertz CT molecular complexity index is 7070. The normalized spacial score (nSPS) is 11.9. The van der Waals surface area contributed by atoms with E-state index in [9.17, 15) is 0 Å². The van der Waals surface area contributed by atoms with E-state index < -0.39 is 0 Å². The predicted molar refractivity (Wildman–Crippen MR) is 520 cm³/mol. The molecule has 0 amide bonds. The molecule has 0 aliphatic heterocycles. The molecule has 23 aromatic rings. The Kier molecular flexibility index (Phi) is 17.6. The molecule has 0 spiro atoms. The fourth-order valence-corrected chi connectivity index (χ4v) is 19.0. The highest BCUT2D eigenvalue weighted by Crippen LogP contribution is 2.42. The first-order valence-electron chi connectivity index (χ1n) is 42.0. The highest BCUT2D eigenvalue weighted by atomic mass is 15.0. The lowest BCUT2D eigenvalue weighted by Gasteiger charge is -2.14. The van der Waals surface area contributed by atoms with Gasteiger partial charge in [-0.3, -0.25) is 0 Å². The number of nitrogens with zero attached hydrogens (tertiary/aromatic N) is 4. The van der Waals surface area contributed by atoms with Gasteiger partial charge in [0, 0.05) is 65.8 Å². The molecular formula is C118H78N4. The van der Waals surface area contributed by atoms with Gasteiger partial charge in [-0.2, -0.15) is 0 Å². The number of para-hydroxylation sites is 8. The predicted octanol–water partition coefficient (Wildman–Crippen LogP) is 31.2. The minimum atomic E-state index is 1.13. The molecular weight excluding hydrogens is 1470 g/mol. The molecule has 0 aliphatic carbocycles. The quantitative estimate of drug-likeness (QED) is 0.0679. The number of aromatic nitrogens is 4. The highest BCUT2D eigenvalue weighted by molar-refractivity contribution is 6.16.